The summed E-state index contributed by atoms with van der Waals surface area (Å²) in [6, 6.07) is 7.39. The molecule has 0 aliphatic carbocycles. The number of fused-ring (bicyclic) bond motifs is 2. The zero-order chi connectivity index (χ0) is 40.1. The topological polar surface area (TPSA) is 122 Å². The van der Waals surface area contributed by atoms with Gasteiger partial charge >= 0.3 is 18.3 Å². The molecule has 2 fully saturated rings. The van der Waals surface area contributed by atoms with Crippen LogP contribution in [0.15, 0.2) is 60.1 Å². The van der Waals surface area contributed by atoms with E-state index >= 15 is 4.79 Å². The number of aliphatic carboxylic acids is 1. The lowest BCUT2D eigenvalue weighted by atomic mass is 9.80. The van der Waals surface area contributed by atoms with Crippen molar-refractivity contribution in [1.29, 1.82) is 0 Å². The Kier molecular flexibility index (Phi) is 12.4. The van der Waals surface area contributed by atoms with Gasteiger partial charge in [-0.05, 0) is 50.3 Å². The maximum atomic E-state index is 15.0. The molecular weight excluding hydrogens is 770 g/mol. The van der Waals surface area contributed by atoms with Gasteiger partial charge in [-0.25, -0.2) is 4.98 Å². The third kappa shape index (κ3) is 9.00. The molecule has 3 aromatic rings. The number of carbonyl (C=O) groups excluding carboxylic acids is 2. The Morgan fingerprint density at radius 3 is 2.48 bits per heavy atom. The molecule has 302 valence electrons. The van der Waals surface area contributed by atoms with E-state index in [0.717, 1.165) is 22.5 Å². The van der Waals surface area contributed by atoms with E-state index in [1.807, 2.05) is 17.0 Å². The fourth-order valence-corrected chi connectivity index (χ4v) is 7.98. The summed E-state index contributed by atoms with van der Waals surface area (Å²) in [6.45, 7) is 0.937. The van der Waals surface area contributed by atoms with E-state index < -0.39 is 63.7 Å². The van der Waals surface area contributed by atoms with E-state index in [4.69, 9.17) is 19.3 Å². The number of piperazine rings is 1. The molecule has 2 aromatic heterocycles. The second-order valence-corrected chi connectivity index (χ2v) is 14.5. The van der Waals surface area contributed by atoms with Crippen LogP contribution in [0.2, 0.25) is 0 Å². The predicted octanol–water partition coefficient (Wildman–Crippen LogP) is 7.31. The van der Waals surface area contributed by atoms with Crippen LogP contribution >= 0.6 is 11.3 Å². The number of ether oxygens (including phenoxy) is 3. The number of anilines is 1. The number of alkyl halides is 6. The Morgan fingerprint density at radius 2 is 1.77 bits per heavy atom. The first-order chi connectivity index (χ1) is 26.7. The lowest BCUT2D eigenvalue weighted by Crippen LogP contribution is -2.69. The van der Waals surface area contributed by atoms with Crippen LogP contribution in [0.25, 0.3) is 0 Å². The van der Waals surface area contributed by atoms with Crippen LogP contribution in [0, 0.1) is 0 Å². The SMILES string of the molecule is O=C(O)CCCOc1ccccc1N1CCN(C(=O)C2(Oc3csc(C(F)(F)F)c3)CCCN3C(=O)c4c(C(F)(F)F)ccnc4OCCC/C=C\C[C@@H]32)CC1. The number of halogens is 6. The highest BCUT2D eigenvalue weighted by atomic mass is 32.1. The van der Waals surface area contributed by atoms with E-state index in [0.29, 0.717) is 61.2 Å². The highest BCUT2D eigenvalue weighted by molar-refractivity contribution is 7.10. The number of amides is 2. The van der Waals surface area contributed by atoms with E-state index in [1.54, 1.807) is 24.3 Å². The number of carboxylic acid groups (broad SMARTS) is 1. The van der Waals surface area contributed by atoms with Crippen molar-refractivity contribution >= 4 is 34.8 Å². The van der Waals surface area contributed by atoms with Crippen molar-refractivity contribution in [3.63, 3.8) is 0 Å². The fourth-order valence-electron chi connectivity index (χ4n) is 7.31. The summed E-state index contributed by atoms with van der Waals surface area (Å²) in [6.07, 6.45) is -4.20. The molecule has 1 N–H and O–H groups in total. The fraction of sp³-hybridized carbons (Fsp3) is 0.474. The van der Waals surface area contributed by atoms with Gasteiger partial charge in [0.2, 0.25) is 11.5 Å². The molecule has 5 heterocycles. The van der Waals surface area contributed by atoms with Crippen molar-refractivity contribution in [2.24, 2.45) is 0 Å². The molecule has 18 heteroatoms. The van der Waals surface area contributed by atoms with E-state index in [1.165, 1.54) is 4.90 Å². The summed E-state index contributed by atoms with van der Waals surface area (Å²) in [4.78, 5) is 48.1. The summed E-state index contributed by atoms with van der Waals surface area (Å²) in [7, 11) is 0. The number of hydrogen-bond donors (Lipinski definition) is 1. The van der Waals surface area contributed by atoms with Gasteiger partial charge in [0.05, 0.1) is 30.5 Å². The molecule has 2 amide bonds. The number of allylic oxidation sites excluding steroid dienone is 1. The van der Waals surface area contributed by atoms with Gasteiger partial charge in [-0.2, -0.15) is 26.3 Å². The largest absolute Gasteiger partial charge is 0.491 e. The molecule has 6 rings (SSSR count). The summed E-state index contributed by atoms with van der Waals surface area (Å²) in [5.41, 5.74) is -3.36. The number of piperidine rings is 1. The number of pyridine rings is 1. The minimum atomic E-state index is -4.97. The number of hydrogen-bond acceptors (Lipinski definition) is 9. The summed E-state index contributed by atoms with van der Waals surface area (Å²) in [5.74, 6) is -2.89. The van der Waals surface area contributed by atoms with E-state index in [2.05, 4.69) is 4.98 Å². The highest BCUT2D eigenvalue weighted by Crippen LogP contribution is 2.44. The van der Waals surface area contributed by atoms with Crippen LogP contribution in [-0.2, 0) is 21.9 Å². The molecule has 11 nitrogen and oxygen atoms in total. The van der Waals surface area contributed by atoms with Crippen LogP contribution < -0.4 is 19.1 Å². The first-order valence-corrected chi connectivity index (χ1v) is 19.0. The molecule has 0 saturated carbocycles. The lowest BCUT2D eigenvalue weighted by Gasteiger charge is -2.50. The first-order valence-electron chi connectivity index (χ1n) is 18.2. The van der Waals surface area contributed by atoms with Gasteiger partial charge in [-0.3, -0.25) is 14.4 Å². The third-order valence-corrected chi connectivity index (χ3v) is 10.9. The molecule has 0 bridgehead atoms. The summed E-state index contributed by atoms with van der Waals surface area (Å²) >= 11 is 0.376. The van der Waals surface area contributed by atoms with Crippen LogP contribution in [0.4, 0.5) is 32.0 Å². The van der Waals surface area contributed by atoms with Crippen molar-refractivity contribution in [2.45, 2.75) is 68.9 Å². The predicted molar refractivity (Wildman–Crippen MR) is 192 cm³/mol. The zero-order valence-corrected chi connectivity index (χ0v) is 30.9. The Morgan fingerprint density at radius 1 is 1.00 bits per heavy atom. The molecule has 1 aromatic carbocycles. The second-order valence-electron chi connectivity index (χ2n) is 13.6. The monoisotopic (exact) mass is 810 g/mol. The number of nitrogens with zero attached hydrogens (tertiary/aromatic N) is 4. The Bertz CT molecular complexity index is 1910. The Labute approximate surface area is 322 Å². The van der Waals surface area contributed by atoms with Gasteiger partial charge in [0.25, 0.3) is 11.8 Å². The third-order valence-electron chi connectivity index (χ3n) is 9.92. The summed E-state index contributed by atoms with van der Waals surface area (Å²) < 4.78 is 103. The minimum Gasteiger partial charge on any atom is -0.491 e. The molecule has 3 aliphatic heterocycles. The number of carbonyl (C=O) groups is 3. The van der Waals surface area contributed by atoms with Crippen molar-refractivity contribution in [3.8, 4) is 17.4 Å². The maximum Gasteiger partial charge on any atom is 0.425 e. The van der Waals surface area contributed by atoms with E-state index in [-0.39, 0.29) is 64.3 Å². The van der Waals surface area contributed by atoms with Crippen molar-refractivity contribution in [3.05, 3.63) is 76.1 Å². The second kappa shape index (κ2) is 17.0. The lowest BCUT2D eigenvalue weighted by molar-refractivity contribution is -0.159. The quantitative estimate of drug-likeness (QED) is 0.135. The Balaban J connectivity index is 1.35. The van der Waals surface area contributed by atoms with Gasteiger partial charge in [0, 0.05) is 63.2 Å². The van der Waals surface area contributed by atoms with Gasteiger partial charge in [0.1, 0.15) is 21.9 Å². The molecule has 0 radical (unpaired) electrons. The standard InChI is InChI=1S/C38H40F6N4O7S/c39-37(40,41)26-13-15-45-33-32(26)34(51)48-16-8-14-36(29(48)11-3-1-2-6-21-54-33,55-25-23-30(56-24-25)38(42,43)44)35(52)47-19-17-46(18-20-47)27-9-4-5-10-28(27)53-22-7-12-31(49)50/h1,3-5,9-10,13,15,23-24,29H,2,6-8,11-12,14,16-22H2,(H,49,50)/b3-1-/t29-,36?/m1/s1. The van der Waals surface area contributed by atoms with Crippen LogP contribution in [0.5, 0.6) is 17.4 Å². The Hall–Kier alpha value is -5.00. The average molecular weight is 811 g/mol. The van der Waals surface area contributed by atoms with Gasteiger partial charge in [-0.1, -0.05) is 24.3 Å². The molecule has 0 spiro atoms. The molecule has 1 unspecified atom stereocenters. The van der Waals surface area contributed by atoms with Crippen molar-refractivity contribution < 1.29 is 60.0 Å². The minimum absolute atomic E-state index is 0.0130. The molecule has 56 heavy (non-hydrogen) atoms. The van der Waals surface area contributed by atoms with Gasteiger partial charge in [-0.15, -0.1) is 11.3 Å². The first kappa shape index (κ1) is 40.7. The number of aromatic nitrogens is 1. The number of rotatable bonds is 9. The molecule has 3 aliphatic rings. The number of para-hydroxylation sites is 2. The van der Waals surface area contributed by atoms with Gasteiger partial charge in [0.15, 0.2) is 0 Å². The van der Waals surface area contributed by atoms with Crippen molar-refractivity contribution in [2.75, 3.05) is 50.8 Å². The summed E-state index contributed by atoms with van der Waals surface area (Å²) in [5, 5.41) is 10.1. The molecular formula is C38H40F6N4O7S. The molecule has 2 saturated heterocycles. The van der Waals surface area contributed by atoms with Crippen LogP contribution in [0.1, 0.15) is 65.7 Å². The zero-order valence-electron chi connectivity index (χ0n) is 30.1. The maximum absolute atomic E-state index is 15.0. The normalized spacial score (nSPS) is 21.5. The number of benzene rings is 1. The number of thiophene rings is 1. The highest BCUT2D eigenvalue weighted by Gasteiger charge is 2.56. The van der Waals surface area contributed by atoms with E-state index in [9.17, 15) is 35.9 Å². The average Bonchev–Trinajstić information content (AvgIpc) is 3.64. The molecule has 2 atom stereocenters. The van der Waals surface area contributed by atoms with Crippen molar-refractivity contribution in [1.82, 2.24) is 14.8 Å². The van der Waals surface area contributed by atoms with Gasteiger partial charge < -0.3 is 34.0 Å². The smallest absolute Gasteiger partial charge is 0.425 e. The number of carboxylic acids is 1. The van der Waals surface area contributed by atoms with Crippen LogP contribution in [0.3, 0.4) is 0 Å². The van der Waals surface area contributed by atoms with Crippen LogP contribution in [-0.4, -0.2) is 95.3 Å².